The molecule has 33 heavy (non-hydrogen) atoms. The molecule has 0 spiro atoms. The molecule has 3 rings (SSSR count). The molecule has 8 nitrogen and oxygen atoms in total. The third-order valence-corrected chi connectivity index (χ3v) is 4.51. The van der Waals surface area contributed by atoms with Gasteiger partial charge in [0.1, 0.15) is 11.5 Å². The van der Waals surface area contributed by atoms with E-state index in [2.05, 4.69) is 10.6 Å². The zero-order valence-electron chi connectivity index (χ0n) is 18.2. The number of hydrogen-bond acceptors (Lipinski definition) is 6. The molecule has 0 aliphatic rings. The third kappa shape index (κ3) is 7.10. The number of esters is 1. The van der Waals surface area contributed by atoms with Gasteiger partial charge in [0.15, 0.2) is 12.7 Å². The molecule has 1 atom stereocenters. The predicted molar refractivity (Wildman–Crippen MR) is 124 cm³/mol. The van der Waals surface area contributed by atoms with Crippen LogP contribution in [0.25, 0.3) is 0 Å². The van der Waals surface area contributed by atoms with Crippen molar-refractivity contribution in [1.82, 2.24) is 0 Å². The maximum atomic E-state index is 12.3. The quantitative estimate of drug-likeness (QED) is 0.482. The number of anilines is 2. The predicted octanol–water partition coefficient (Wildman–Crippen LogP) is 3.90. The lowest BCUT2D eigenvalue weighted by Crippen LogP contribution is -2.29. The van der Waals surface area contributed by atoms with Crippen molar-refractivity contribution in [2.24, 2.45) is 0 Å². The van der Waals surface area contributed by atoms with Crippen molar-refractivity contribution in [2.75, 3.05) is 24.4 Å². The van der Waals surface area contributed by atoms with E-state index in [1.165, 1.54) is 19.1 Å². The number of carbonyl (C=O) groups excluding carboxylic acids is 3. The van der Waals surface area contributed by atoms with Crippen molar-refractivity contribution < 1.29 is 28.6 Å². The monoisotopic (exact) mass is 448 g/mol. The van der Waals surface area contributed by atoms with Crippen LogP contribution >= 0.6 is 0 Å². The summed E-state index contributed by atoms with van der Waals surface area (Å²) in [6.07, 6.45) is -0.978. The van der Waals surface area contributed by atoms with Crippen LogP contribution in [0.15, 0.2) is 78.9 Å². The molecule has 0 radical (unpaired) electrons. The average molecular weight is 448 g/mol. The molecule has 0 aliphatic heterocycles. The Morgan fingerprint density at radius 2 is 1.52 bits per heavy atom. The van der Waals surface area contributed by atoms with E-state index >= 15 is 0 Å². The number of benzene rings is 3. The molecular weight excluding hydrogens is 424 g/mol. The average Bonchev–Trinajstić information content (AvgIpc) is 2.83. The van der Waals surface area contributed by atoms with E-state index in [1.54, 1.807) is 67.8 Å². The summed E-state index contributed by atoms with van der Waals surface area (Å²) in [4.78, 5) is 36.6. The first-order chi connectivity index (χ1) is 15.9. The summed E-state index contributed by atoms with van der Waals surface area (Å²) in [6, 6.07) is 21.9. The Labute approximate surface area is 191 Å². The molecule has 0 aliphatic carbocycles. The van der Waals surface area contributed by atoms with Gasteiger partial charge in [0.25, 0.3) is 11.8 Å². The van der Waals surface area contributed by atoms with E-state index in [1.807, 2.05) is 6.07 Å². The molecule has 3 aromatic rings. The van der Waals surface area contributed by atoms with Gasteiger partial charge in [-0.3, -0.25) is 9.59 Å². The van der Waals surface area contributed by atoms with E-state index in [0.29, 0.717) is 22.9 Å². The highest BCUT2D eigenvalue weighted by atomic mass is 16.5. The fourth-order valence-corrected chi connectivity index (χ4v) is 2.78. The number of nitrogens with one attached hydrogen (secondary N) is 2. The Kier molecular flexibility index (Phi) is 8.02. The molecule has 3 aromatic carbocycles. The summed E-state index contributed by atoms with van der Waals surface area (Å²) >= 11 is 0. The fourth-order valence-electron chi connectivity index (χ4n) is 2.78. The number of para-hydroxylation sites is 1. The van der Waals surface area contributed by atoms with E-state index in [9.17, 15) is 14.4 Å². The number of rotatable bonds is 9. The van der Waals surface area contributed by atoms with Crippen LogP contribution in [0.4, 0.5) is 11.4 Å². The second kappa shape index (κ2) is 11.3. The highest BCUT2D eigenvalue weighted by molar-refractivity contribution is 5.97. The van der Waals surface area contributed by atoms with Gasteiger partial charge in [-0.1, -0.05) is 24.3 Å². The van der Waals surface area contributed by atoms with Gasteiger partial charge in [0, 0.05) is 17.4 Å². The summed E-state index contributed by atoms with van der Waals surface area (Å²) in [6.45, 7) is 1.28. The number of methoxy groups -OCH3 is 1. The van der Waals surface area contributed by atoms with E-state index < -0.39 is 18.0 Å². The fraction of sp³-hybridized carbons (Fsp3) is 0.160. The Morgan fingerprint density at radius 3 is 2.21 bits per heavy atom. The van der Waals surface area contributed by atoms with Crippen molar-refractivity contribution in [2.45, 2.75) is 13.0 Å². The number of hydrogen-bond donors (Lipinski definition) is 2. The lowest BCUT2D eigenvalue weighted by atomic mass is 10.2. The Balaban J connectivity index is 1.47. The Morgan fingerprint density at radius 1 is 0.818 bits per heavy atom. The number of carbonyl (C=O) groups is 3. The highest BCUT2D eigenvalue weighted by Crippen LogP contribution is 2.17. The maximum Gasteiger partial charge on any atom is 0.338 e. The second-order valence-corrected chi connectivity index (χ2v) is 7.00. The minimum Gasteiger partial charge on any atom is -0.497 e. The van der Waals surface area contributed by atoms with Crippen molar-refractivity contribution in [3.05, 3.63) is 84.4 Å². The van der Waals surface area contributed by atoms with Crippen LogP contribution in [-0.2, 0) is 14.3 Å². The van der Waals surface area contributed by atoms with Gasteiger partial charge in [0.05, 0.1) is 12.7 Å². The number of ether oxygens (including phenoxy) is 3. The summed E-state index contributed by atoms with van der Waals surface area (Å²) in [5.41, 5.74) is 1.45. The molecule has 8 heteroatoms. The van der Waals surface area contributed by atoms with Gasteiger partial charge in [-0.25, -0.2) is 4.79 Å². The largest absolute Gasteiger partial charge is 0.497 e. The zero-order valence-corrected chi connectivity index (χ0v) is 18.2. The van der Waals surface area contributed by atoms with Crippen LogP contribution < -0.4 is 20.1 Å². The van der Waals surface area contributed by atoms with Gasteiger partial charge in [0.2, 0.25) is 0 Å². The molecule has 0 saturated heterocycles. The van der Waals surface area contributed by atoms with Crippen molar-refractivity contribution in [3.63, 3.8) is 0 Å². The van der Waals surface area contributed by atoms with Gasteiger partial charge < -0.3 is 24.8 Å². The molecule has 0 heterocycles. The van der Waals surface area contributed by atoms with Gasteiger partial charge in [-0.05, 0) is 55.5 Å². The second-order valence-electron chi connectivity index (χ2n) is 7.00. The molecule has 0 bridgehead atoms. The van der Waals surface area contributed by atoms with Crippen molar-refractivity contribution in [3.8, 4) is 11.5 Å². The van der Waals surface area contributed by atoms with Crippen molar-refractivity contribution >= 4 is 29.2 Å². The molecule has 0 saturated carbocycles. The first-order valence-electron chi connectivity index (χ1n) is 10.2. The highest BCUT2D eigenvalue weighted by Gasteiger charge is 2.19. The minimum absolute atomic E-state index is 0.211. The molecule has 1 unspecified atom stereocenters. The number of amides is 2. The van der Waals surface area contributed by atoms with Crippen molar-refractivity contribution in [1.29, 1.82) is 0 Å². The maximum absolute atomic E-state index is 12.3. The normalized spacial score (nSPS) is 11.1. The van der Waals surface area contributed by atoms with Crippen LogP contribution in [0, 0.1) is 0 Å². The molecule has 2 N–H and O–H groups in total. The van der Waals surface area contributed by atoms with Crippen LogP contribution in [-0.4, -0.2) is 37.6 Å². The first kappa shape index (κ1) is 23.3. The molecule has 2 amide bonds. The zero-order chi connectivity index (χ0) is 23.6. The topological polar surface area (TPSA) is 103 Å². The summed E-state index contributed by atoms with van der Waals surface area (Å²) in [7, 11) is 1.55. The molecular formula is C25H24N2O6. The van der Waals surface area contributed by atoms with E-state index in [4.69, 9.17) is 14.2 Å². The Hall–Kier alpha value is -4.33. The van der Waals surface area contributed by atoms with Gasteiger partial charge in [-0.2, -0.15) is 0 Å². The smallest absolute Gasteiger partial charge is 0.338 e. The SMILES string of the molecule is COc1cccc(NC(=O)COc2ccc(C(=O)OC(C)C(=O)Nc3ccccc3)cc2)c1. The van der Waals surface area contributed by atoms with Gasteiger partial charge in [-0.15, -0.1) is 0 Å². The first-order valence-corrected chi connectivity index (χ1v) is 10.2. The van der Waals surface area contributed by atoms with Crippen LogP contribution in [0.3, 0.4) is 0 Å². The van der Waals surface area contributed by atoms with E-state index in [0.717, 1.165) is 0 Å². The third-order valence-electron chi connectivity index (χ3n) is 4.51. The van der Waals surface area contributed by atoms with Crippen LogP contribution in [0.2, 0.25) is 0 Å². The molecule has 0 aromatic heterocycles. The summed E-state index contributed by atoms with van der Waals surface area (Å²) in [5.74, 6) is -0.389. The summed E-state index contributed by atoms with van der Waals surface area (Å²) < 4.78 is 15.8. The minimum atomic E-state index is -0.978. The molecule has 0 fully saturated rings. The van der Waals surface area contributed by atoms with E-state index in [-0.39, 0.29) is 18.1 Å². The van der Waals surface area contributed by atoms with Crippen LogP contribution in [0.5, 0.6) is 11.5 Å². The van der Waals surface area contributed by atoms with Gasteiger partial charge >= 0.3 is 5.97 Å². The van der Waals surface area contributed by atoms with Crippen LogP contribution in [0.1, 0.15) is 17.3 Å². The lowest BCUT2D eigenvalue weighted by Gasteiger charge is -2.14. The standard InChI is InChI=1S/C25H24N2O6/c1-17(24(29)27-19-7-4-3-5-8-19)33-25(30)18-11-13-21(14-12-18)32-16-23(28)26-20-9-6-10-22(15-20)31-2/h3-15,17H,16H2,1-2H3,(H,26,28)(H,27,29). The lowest BCUT2D eigenvalue weighted by molar-refractivity contribution is -0.123. The Bertz CT molecular complexity index is 1100. The molecule has 170 valence electrons. The summed E-state index contributed by atoms with van der Waals surface area (Å²) in [5, 5.41) is 5.39.